The van der Waals surface area contributed by atoms with Crippen LogP contribution in [0.25, 0.3) is 16.6 Å². The quantitative estimate of drug-likeness (QED) is 0.527. The number of hydrogen-bond acceptors (Lipinski definition) is 3. The molecule has 2 rings (SSSR count). The van der Waals surface area contributed by atoms with Gasteiger partial charge in [0.1, 0.15) is 17.9 Å². The number of H-pyrrole nitrogens is 1. The third kappa shape index (κ3) is 1.21. The van der Waals surface area contributed by atoms with E-state index in [9.17, 15) is 0 Å². The highest BCUT2D eigenvalue weighted by Crippen LogP contribution is 2.15. The summed E-state index contributed by atoms with van der Waals surface area (Å²) in [6.45, 7) is 0. The minimum Gasteiger partial charge on any atom is -0.514 e. The van der Waals surface area contributed by atoms with E-state index in [-0.39, 0.29) is 5.57 Å². The Labute approximate surface area is 80.1 Å². The van der Waals surface area contributed by atoms with Crippen LogP contribution in [0.15, 0.2) is 30.5 Å². The highest BCUT2D eigenvalue weighted by molar-refractivity contribution is 5.81. The number of hydrogen-bond donors (Lipinski definition) is 2. The molecule has 14 heavy (non-hydrogen) atoms. The first-order valence-electron chi connectivity index (χ1n) is 4.05. The summed E-state index contributed by atoms with van der Waals surface area (Å²) in [6, 6.07) is 9.28. The molecular formula is C10H7N3O. The maximum Gasteiger partial charge on any atom is 0.152 e. The summed E-state index contributed by atoms with van der Waals surface area (Å²) in [7, 11) is 0. The predicted octanol–water partition coefficient (Wildman–Crippen LogP) is 1.99. The van der Waals surface area contributed by atoms with Crippen molar-refractivity contribution >= 4 is 16.6 Å². The number of nitriles is 1. The lowest BCUT2D eigenvalue weighted by Crippen LogP contribution is -1.83. The topological polar surface area (TPSA) is 72.7 Å². The molecule has 4 nitrogen and oxygen atoms in total. The Bertz CT molecular complexity index is 501. The standard InChI is InChI=1S/C10H7N3O/c11-5-7(6-14)10-12-8-3-1-2-4-9(8)13-10/h1-4,6,14H,(H,12,13)/b7-6+. The van der Waals surface area contributed by atoms with Crippen molar-refractivity contribution < 1.29 is 5.11 Å². The molecule has 2 N–H and O–H groups in total. The second-order valence-corrected chi connectivity index (χ2v) is 2.76. The molecule has 2 aromatic rings. The van der Waals surface area contributed by atoms with E-state index in [1.165, 1.54) is 0 Å². The number of para-hydroxylation sites is 2. The number of rotatable bonds is 1. The highest BCUT2D eigenvalue weighted by Gasteiger charge is 2.06. The molecule has 0 aliphatic rings. The highest BCUT2D eigenvalue weighted by atomic mass is 16.2. The van der Waals surface area contributed by atoms with Crippen LogP contribution in [0.1, 0.15) is 5.82 Å². The van der Waals surface area contributed by atoms with Gasteiger partial charge in [-0.1, -0.05) is 12.1 Å². The number of fused-ring (bicyclic) bond motifs is 1. The van der Waals surface area contributed by atoms with Crippen LogP contribution in [0, 0.1) is 11.3 Å². The van der Waals surface area contributed by atoms with E-state index < -0.39 is 0 Å². The number of aliphatic hydroxyl groups excluding tert-OH is 1. The number of aliphatic hydroxyl groups is 1. The second-order valence-electron chi connectivity index (χ2n) is 2.76. The van der Waals surface area contributed by atoms with Crippen LogP contribution >= 0.6 is 0 Å². The van der Waals surface area contributed by atoms with E-state index >= 15 is 0 Å². The maximum atomic E-state index is 8.76. The maximum absolute atomic E-state index is 8.76. The molecule has 0 spiro atoms. The number of nitrogens with zero attached hydrogens (tertiary/aromatic N) is 2. The van der Waals surface area contributed by atoms with Gasteiger partial charge in [0.2, 0.25) is 0 Å². The van der Waals surface area contributed by atoms with Gasteiger partial charge in [0.05, 0.1) is 11.0 Å². The summed E-state index contributed by atoms with van der Waals surface area (Å²) in [5.41, 5.74) is 1.75. The fraction of sp³-hybridized carbons (Fsp3) is 0. The molecule has 0 aliphatic heterocycles. The van der Waals surface area contributed by atoms with Crippen molar-refractivity contribution in [1.29, 1.82) is 5.26 Å². The molecule has 0 fully saturated rings. The Morgan fingerprint density at radius 1 is 1.50 bits per heavy atom. The van der Waals surface area contributed by atoms with Gasteiger partial charge in [-0.3, -0.25) is 0 Å². The number of imidazole rings is 1. The molecule has 0 unspecified atom stereocenters. The van der Waals surface area contributed by atoms with E-state index in [1.807, 2.05) is 30.3 Å². The summed E-state index contributed by atoms with van der Waals surface area (Å²) in [6.07, 6.45) is 0.748. The zero-order valence-electron chi connectivity index (χ0n) is 7.23. The minimum absolute atomic E-state index is 0.126. The van der Waals surface area contributed by atoms with Crippen LogP contribution < -0.4 is 0 Å². The molecular weight excluding hydrogens is 178 g/mol. The lowest BCUT2D eigenvalue weighted by Gasteiger charge is -1.86. The lowest BCUT2D eigenvalue weighted by atomic mass is 10.3. The first kappa shape index (κ1) is 8.32. The summed E-state index contributed by atoms with van der Waals surface area (Å²) < 4.78 is 0. The molecule has 4 heteroatoms. The van der Waals surface area contributed by atoms with Crippen molar-refractivity contribution in [2.24, 2.45) is 0 Å². The fourth-order valence-corrected chi connectivity index (χ4v) is 1.22. The van der Waals surface area contributed by atoms with Gasteiger partial charge in [-0.2, -0.15) is 5.26 Å². The Morgan fingerprint density at radius 3 is 2.93 bits per heavy atom. The van der Waals surface area contributed by atoms with Gasteiger partial charge in [0.15, 0.2) is 5.82 Å². The van der Waals surface area contributed by atoms with Crippen LogP contribution in [0.4, 0.5) is 0 Å². The van der Waals surface area contributed by atoms with Crippen molar-refractivity contribution in [2.75, 3.05) is 0 Å². The molecule has 0 amide bonds. The number of allylic oxidation sites excluding steroid dienone is 1. The van der Waals surface area contributed by atoms with Crippen molar-refractivity contribution in [3.8, 4) is 6.07 Å². The molecule has 0 aliphatic carbocycles. The molecule has 0 bridgehead atoms. The zero-order chi connectivity index (χ0) is 9.97. The van der Waals surface area contributed by atoms with Gasteiger partial charge >= 0.3 is 0 Å². The molecule has 0 radical (unpaired) electrons. The van der Waals surface area contributed by atoms with Gasteiger partial charge in [-0.25, -0.2) is 4.98 Å². The molecule has 0 atom stereocenters. The lowest BCUT2D eigenvalue weighted by molar-refractivity contribution is 0.476. The Kier molecular flexibility index (Phi) is 1.92. The number of benzene rings is 1. The zero-order valence-corrected chi connectivity index (χ0v) is 7.23. The largest absolute Gasteiger partial charge is 0.514 e. The van der Waals surface area contributed by atoms with Gasteiger partial charge in [0.25, 0.3) is 0 Å². The average Bonchev–Trinajstić information content (AvgIpc) is 2.63. The van der Waals surface area contributed by atoms with Crippen molar-refractivity contribution in [3.05, 3.63) is 36.4 Å². The first-order chi connectivity index (χ1) is 6.85. The van der Waals surface area contributed by atoms with E-state index in [2.05, 4.69) is 9.97 Å². The van der Waals surface area contributed by atoms with Crippen molar-refractivity contribution in [2.45, 2.75) is 0 Å². The number of aromatic nitrogens is 2. The van der Waals surface area contributed by atoms with Crippen LogP contribution in [0.5, 0.6) is 0 Å². The van der Waals surface area contributed by atoms with Gasteiger partial charge in [-0.15, -0.1) is 0 Å². The average molecular weight is 185 g/mol. The smallest absolute Gasteiger partial charge is 0.152 e. The molecule has 0 saturated heterocycles. The van der Waals surface area contributed by atoms with Gasteiger partial charge in [0, 0.05) is 0 Å². The van der Waals surface area contributed by atoms with E-state index in [1.54, 1.807) is 0 Å². The van der Waals surface area contributed by atoms with E-state index in [0.717, 1.165) is 17.3 Å². The molecule has 68 valence electrons. The monoisotopic (exact) mass is 185 g/mol. The van der Waals surface area contributed by atoms with Crippen LogP contribution in [0.3, 0.4) is 0 Å². The Hall–Kier alpha value is -2.28. The number of aromatic amines is 1. The van der Waals surface area contributed by atoms with Crippen LogP contribution in [0.2, 0.25) is 0 Å². The van der Waals surface area contributed by atoms with E-state index in [0.29, 0.717) is 5.82 Å². The summed E-state index contributed by atoms with van der Waals surface area (Å²) in [4.78, 5) is 7.08. The van der Waals surface area contributed by atoms with Gasteiger partial charge < -0.3 is 10.1 Å². The van der Waals surface area contributed by atoms with Crippen LogP contribution in [-0.2, 0) is 0 Å². The molecule has 1 aromatic heterocycles. The second kappa shape index (κ2) is 3.23. The minimum atomic E-state index is 0.126. The fourth-order valence-electron chi connectivity index (χ4n) is 1.22. The molecule has 1 aromatic carbocycles. The SMILES string of the molecule is N#C/C(=C\O)c1nc2ccccc2[nH]1. The van der Waals surface area contributed by atoms with Crippen molar-refractivity contribution in [1.82, 2.24) is 9.97 Å². The first-order valence-corrected chi connectivity index (χ1v) is 4.05. The third-order valence-electron chi connectivity index (χ3n) is 1.89. The van der Waals surface area contributed by atoms with E-state index in [4.69, 9.17) is 10.4 Å². The number of nitrogens with one attached hydrogen (secondary N) is 1. The predicted molar refractivity (Wildman–Crippen MR) is 52.3 cm³/mol. The molecule has 0 saturated carbocycles. The Balaban J connectivity index is 2.62. The van der Waals surface area contributed by atoms with Gasteiger partial charge in [-0.05, 0) is 12.1 Å². The normalized spacial score (nSPS) is 11.5. The summed E-state index contributed by atoms with van der Waals surface area (Å²) in [5, 5.41) is 17.4. The third-order valence-corrected chi connectivity index (χ3v) is 1.89. The Morgan fingerprint density at radius 2 is 2.29 bits per heavy atom. The molecule has 1 heterocycles. The summed E-state index contributed by atoms with van der Waals surface area (Å²) >= 11 is 0. The van der Waals surface area contributed by atoms with Crippen molar-refractivity contribution in [3.63, 3.8) is 0 Å². The van der Waals surface area contributed by atoms with Crippen LogP contribution in [-0.4, -0.2) is 15.1 Å². The summed E-state index contributed by atoms with van der Waals surface area (Å²) in [5.74, 6) is 0.385.